The van der Waals surface area contributed by atoms with Crippen LogP contribution in [0.1, 0.15) is 11.1 Å². The lowest BCUT2D eigenvalue weighted by Gasteiger charge is -2.24. The van der Waals surface area contributed by atoms with Gasteiger partial charge in [0.1, 0.15) is 12.4 Å². The van der Waals surface area contributed by atoms with Gasteiger partial charge in [-0.3, -0.25) is 0 Å². The van der Waals surface area contributed by atoms with E-state index in [1.807, 2.05) is 0 Å². The number of rotatable bonds is 3. The fraction of sp³-hybridized carbons (Fsp3) is 0.333. The maximum atomic E-state index is 5.93. The van der Waals surface area contributed by atoms with Crippen LogP contribution in [0.2, 0.25) is 0 Å². The highest BCUT2D eigenvalue weighted by Crippen LogP contribution is 2.23. The van der Waals surface area contributed by atoms with Crippen LogP contribution in [0.25, 0.3) is 0 Å². The SMILES string of the molecule is Cc1cccc(C)c1OCC1=CC=CCN1C. The third-order valence-electron chi connectivity index (χ3n) is 3.07. The molecule has 2 nitrogen and oxygen atoms in total. The van der Waals surface area contributed by atoms with Crippen LogP contribution in [0.5, 0.6) is 5.75 Å². The molecule has 0 bridgehead atoms. The molecule has 1 aromatic carbocycles. The van der Waals surface area contributed by atoms with Gasteiger partial charge in [-0.15, -0.1) is 0 Å². The number of para-hydroxylation sites is 1. The third kappa shape index (κ3) is 2.70. The monoisotopic (exact) mass is 229 g/mol. The molecule has 0 saturated carbocycles. The Hall–Kier alpha value is -1.70. The summed E-state index contributed by atoms with van der Waals surface area (Å²) in [4.78, 5) is 2.20. The van der Waals surface area contributed by atoms with E-state index in [2.05, 4.69) is 62.2 Å². The molecule has 0 atom stereocenters. The first-order chi connectivity index (χ1) is 8.18. The first-order valence-electron chi connectivity index (χ1n) is 5.94. The van der Waals surface area contributed by atoms with Gasteiger partial charge < -0.3 is 9.64 Å². The van der Waals surface area contributed by atoms with E-state index in [0.717, 1.165) is 12.3 Å². The first kappa shape index (κ1) is 11.8. The Morgan fingerprint density at radius 2 is 1.94 bits per heavy atom. The molecule has 90 valence electrons. The molecule has 0 spiro atoms. The van der Waals surface area contributed by atoms with E-state index in [4.69, 9.17) is 4.74 Å². The van der Waals surface area contributed by atoms with Gasteiger partial charge >= 0.3 is 0 Å². The summed E-state index contributed by atoms with van der Waals surface area (Å²) in [6, 6.07) is 6.23. The first-order valence-corrected chi connectivity index (χ1v) is 5.94. The highest BCUT2D eigenvalue weighted by Gasteiger charge is 2.08. The van der Waals surface area contributed by atoms with Crippen molar-refractivity contribution >= 4 is 0 Å². The summed E-state index contributed by atoms with van der Waals surface area (Å²) in [7, 11) is 2.09. The third-order valence-corrected chi connectivity index (χ3v) is 3.07. The average Bonchev–Trinajstić information content (AvgIpc) is 2.30. The summed E-state index contributed by atoms with van der Waals surface area (Å²) in [6.45, 7) is 5.76. The Kier molecular flexibility index (Phi) is 3.52. The van der Waals surface area contributed by atoms with Crippen molar-refractivity contribution in [3.8, 4) is 5.75 Å². The maximum Gasteiger partial charge on any atom is 0.128 e. The summed E-state index contributed by atoms with van der Waals surface area (Å²) in [5, 5.41) is 0. The lowest BCUT2D eigenvalue weighted by Crippen LogP contribution is -2.24. The van der Waals surface area contributed by atoms with E-state index < -0.39 is 0 Å². The van der Waals surface area contributed by atoms with Crippen molar-refractivity contribution in [3.63, 3.8) is 0 Å². The predicted octanol–water partition coefficient (Wildman–Crippen LogP) is 3.07. The van der Waals surface area contributed by atoms with Gasteiger partial charge in [-0.2, -0.15) is 0 Å². The van der Waals surface area contributed by atoms with Crippen LogP contribution < -0.4 is 4.74 Å². The number of nitrogens with zero attached hydrogens (tertiary/aromatic N) is 1. The lowest BCUT2D eigenvalue weighted by molar-refractivity contribution is 0.296. The molecule has 0 unspecified atom stereocenters. The van der Waals surface area contributed by atoms with Crippen LogP contribution in [-0.4, -0.2) is 25.1 Å². The van der Waals surface area contributed by atoms with Gasteiger partial charge in [0.25, 0.3) is 0 Å². The summed E-state index contributed by atoms with van der Waals surface area (Å²) >= 11 is 0. The summed E-state index contributed by atoms with van der Waals surface area (Å²) in [5.74, 6) is 1.01. The Labute approximate surface area is 103 Å². The molecule has 2 rings (SSSR count). The lowest BCUT2D eigenvalue weighted by atomic mass is 10.1. The van der Waals surface area contributed by atoms with E-state index in [1.165, 1.54) is 16.8 Å². The van der Waals surface area contributed by atoms with Crippen LogP contribution in [0.4, 0.5) is 0 Å². The summed E-state index contributed by atoms with van der Waals surface area (Å²) in [5.41, 5.74) is 3.61. The minimum Gasteiger partial charge on any atom is -0.487 e. The predicted molar refractivity (Wildman–Crippen MR) is 71.3 cm³/mol. The zero-order valence-corrected chi connectivity index (χ0v) is 10.7. The quantitative estimate of drug-likeness (QED) is 0.789. The number of hydrogen-bond donors (Lipinski definition) is 0. The molecule has 0 amide bonds. The normalized spacial score (nSPS) is 14.8. The molecule has 1 heterocycles. The van der Waals surface area contributed by atoms with Gasteiger partial charge in [-0.25, -0.2) is 0 Å². The second-order valence-corrected chi connectivity index (χ2v) is 4.48. The van der Waals surface area contributed by atoms with Gasteiger partial charge in [0.2, 0.25) is 0 Å². The second kappa shape index (κ2) is 5.09. The molecule has 0 aliphatic carbocycles. The molecule has 1 aliphatic heterocycles. The minimum atomic E-state index is 0.631. The van der Waals surface area contributed by atoms with Crippen LogP contribution in [-0.2, 0) is 0 Å². The van der Waals surface area contributed by atoms with Crippen LogP contribution >= 0.6 is 0 Å². The molecule has 0 aromatic heterocycles. The van der Waals surface area contributed by atoms with E-state index >= 15 is 0 Å². The Balaban J connectivity index is 2.07. The van der Waals surface area contributed by atoms with Crippen molar-refractivity contribution in [1.29, 1.82) is 0 Å². The summed E-state index contributed by atoms with van der Waals surface area (Å²) < 4.78 is 5.93. The maximum absolute atomic E-state index is 5.93. The fourth-order valence-electron chi connectivity index (χ4n) is 1.97. The number of hydrogen-bond acceptors (Lipinski definition) is 2. The molecular weight excluding hydrogens is 210 g/mol. The van der Waals surface area contributed by atoms with Gasteiger partial charge in [0.05, 0.1) is 5.70 Å². The van der Waals surface area contributed by atoms with Crippen molar-refractivity contribution < 1.29 is 4.74 Å². The summed E-state index contributed by atoms with van der Waals surface area (Å²) in [6.07, 6.45) is 6.34. The Morgan fingerprint density at radius 1 is 1.24 bits per heavy atom. The zero-order valence-electron chi connectivity index (χ0n) is 10.7. The number of aryl methyl sites for hydroxylation is 2. The van der Waals surface area contributed by atoms with E-state index in [0.29, 0.717) is 6.61 Å². The molecule has 0 saturated heterocycles. The number of ether oxygens (including phenoxy) is 1. The molecule has 17 heavy (non-hydrogen) atoms. The zero-order chi connectivity index (χ0) is 12.3. The van der Waals surface area contributed by atoms with Gasteiger partial charge in [0.15, 0.2) is 0 Å². The average molecular weight is 229 g/mol. The molecule has 0 radical (unpaired) electrons. The van der Waals surface area contributed by atoms with Crippen molar-refractivity contribution in [2.45, 2.75) is 13.8 Å². The highest BCUT2D eigenvalue weighted by molar-refractivity contribution is 5.40. The van der Waals surface area contributed by atoms with Crippen LogP contribution in [0.15, 0.2) is 42.1 Å². The fourth-order valence-corrected chi connectivity index (χ4v) is 1.97. The molecule has 2 heteroatoms. The van der Waals surface area contributed by atoms with E-state index in [-0.39, 0.29) is 0 Å². The molecule has 1 aromatic rings. The minimum absolute atomic E-state index is 0.631. The van der Waals surface area contributed by atoms with Crippen LogP contribution in [0.3, 0.4) is 0 Å². The van der Waals surface area contributed by atoms with Gasteiger partial charge in [-0.1, -0.05) is 30.4 Å². The molecular formula is C15H19NO. The smallest absolute Gasteiger partial charge is 0.128 e. The molecule has 1 aliphatic rings. The number of likely N-dealkylation sites (N-methyl/N-ethyl adjacent to an activating group) is 1. The van der Waals surface area contributed by atoms with Crippen molar-refractivity contribution in [1.82, 2.24) is 4.90 Å². The standard InChI is InChI=1S/C15H19NO/c1-12-7-6-8-13(2)15(12)17-11-14-9-4-5-10-16(14)3/h4-9H,10-11H2,1-3H3. The number of allylic oxidation sites excluding steroid dienone is 2. The van der Waals surface area contributed by atoms with Crippen molar-refractivity contribution in [2.24, 2.45) is 0 Å². The largest absolute Gasteiger partial charge is 0.487 e. The topological polar surface area (TPSA) is 12.5 Å². The second-order valence-electron chi connectivity index (χ2n) is 4.48. The highest BCUT2D eigenvalue weighted by atomic mass is 16.5. The van der Waals surface area contributed by atoms with Crippen molar-refractivity contribution in [2.75, 3.05) is 20.2 Å². The van der Waals surface area contributed by atoms with Crippen molar-refractivity contribution in [3.05, 3.63) is 53.3 Å². The molecule has 0 N–H and O–H groups in total. The van der Waals surface area contributed by atoms with E-state index in [9.17, 15) is 0 Å². The van der Waals surface area contributed by atoms with E-state index in [1.54, 1.807) is 0 Å². The Bertz CT molecular complexity index is 440. The van der Waals surface area contributed by atoms with Gasteiger partial charge in [0, 0.05) is 13.6 Å². The Morgan fingerprint density at radius 3 is 2.59 bits per heavy atom. The number of benzene rings is 1. The molecule has 0 fully saturated rings. The van der Waals surface area contributed by atoms with Gasteiger partial charge in [-0.05, 0) is 31.1 Å². The van der Waals surface area contributed by atoms with Crippen LogP contribution in [0, 0.1) is 13.8 Å².